The van der Waals surface area contributed by atoms with E-state index in [4.69, 9.17) is 9.97 Å². The van der Waals surface area contributed by atoms with Crippen molar-refractivity contribution in [3.8, 4) is 0 Å². The molecule has 4 N–H and O–H groups in total. The molecule has 0 spiro atoms. The third kappa shape index (κ3) is 4.03. The van der Waals surface area contributed by atoms with Gasteiger partial charge in [-0.15, -0.1) is 11.3 Å². The van der Waals surface area contributed by atoms with Crippen LogP contribution in [0.15, 0.2) is 17.6 Å². The molecule has 2 fully saturated rings. The molecule has 1 saturated carbocycles. The van der Waals surface area contributed by atoms with Crippen LogP contribution in [-0.2, 0) is 11.2 Å². The Bertz CT molecular complexity index is 1170. The van der Waals surface area contributed by atoms with Crippen LogP contribution in [-0.4, -0.2) is 48.7 Å². The van der Waals surface area contributed by atoms with E-state index in [2.05, 4.69) is 25.8 Å². The molecule has 2 unspecified atom stereocenters. The lowest BCUT2D eigenvalue weighted by Gasteiger charge is -2.25. The molecule has 3 aromatic rings. The highest BCUT2D eigenvalue weighted by atomic mass is 32.1. The Balaban J connectivity index is 1.28. The number of carbonyl (C=O) groups is 1. The molecule has 4 heterocycles. The van der Waals surface area contributed by atoms with Crippen LogP contribution in [0.5, 0.6) is 0 Å². The molecule has 10 nitrogen and oxygen atoms in total. The molecule has 1 amide bonds. The minimum absolute atomic E-state index is 0.0976. The molecule has 34 heavy (non-hydrogen) atoms. The molecule has 0 bridgehead atoms. The third-order valence-electron chi connectivity index (χ3n) is 7.11. The van der Waals surface area contributed by atoms with Gasteiger partial charge in [0.1, 0.15) is 11.9 Å². The average molecular weight is 481 g/mol. The molecular weight excluding hydrogens is 452 g/mol. The Kier molecular flexibility index (Phi) is 5.66. The van der Waals surface area contributed by atoms with E-state index >= 15 is 0 Å². The highest BCUT2D eigenvalue weighted by molar-refractivity contribution is 7.13. The highest BCUT2D eigenvalue weighted by Gasteiger charge is 2.35. The average Bonchev–Trinajstić information content (AvgIpc) is 3.65. The van der Waals surface area contributed by atoms with Crippen molar-refractivity contribution in [1.82, 2.24) is 25.1 Å². The van der Waals surface area contributed by atoms with Crippen molar-refractivity contribution >= 4 is 40.0 Å². The van der Waals surface area contributed by atoms with Gasteiger partial charge < -0.3 is 20.6 Å². The van der Waals surface area contributed by atoms with Crippen molar-refractivity contribution in [3.05, 3.63) is 34.6 Å². The standard InChI is InChI=1S/C23H28N8O2S/c32-17-8-7-14-19(17)20(26-18-12-15(29-30-18)13-4-1-2-5-13)27-22(25-14)31-10-3-6-16(31)21(33)28-23-24-9-11-34-23/h9,11-13,16-17,32H,1-8,10H2,(H,24,28,33)(H2,25,26,27,29,30). The second-order valence-electron chi connectivity index (χ2n) is 9.28. The molecular formula is C23H28N8O2S. The lowest BCUT2D eigenvalue weighted by molar-refractivity contribution is -0.117. The number of nitrogens with zero attached hydrogens (tertiary/aromatic N) is 5. The number of rotatable bonds is 6. The topological polar surface area (TPSA) is 132 Å². The van der Waals surface area contributed by atoms with E-state index in [0.717, 1.165) is 29.8 Å². The predicted molar refractivity (Wildman–Crippen MR) is 130 cm³/mol. The van der Waals surface area contributed by atoms with Crippen LogP contribution in [0.2, 0.25) is 0 Å². The van der Waals surface area contributed by atoms with Gasteiger partial charge in [-0.05, 0) is 38.5 Å². The molecule has 0 aromatic carbocycles. The number of amides is 1. The van der Waals surface area contributed by atoms with E-state index in [1.807, 2.05) is 16.3 Å². The van der Waals surface area contributed by atoms with Crippen molar-refractivity contribution < 1.29 is 9.90 Å². The normalized spacial score (nSPS) is 22.3. The summed E-state index contributed by atoms with van der Waals surface area (Å²) in [7, 11) is 0. The van der Waals surface area contributed by atoms with Gasteiger partial charge in [0.2, 0.25) is 11.9 Å². The van der Waals surface area contributed by atoms with Gasteiger partial charge in [0.15, 0.2) is 10.9 Å². The molecule has 11 heteroatoms. The fourth-order valence-electron chi connectivity index (χ4n) is 5.41. The Hall–Kier alpha value is -3.05. The summed E-state index contributed by atoms with van der Waals surface area (Å²) in [6.07, 6.45) is 8.86. The lowest BCUT2D eigenvalue weighted by Crippen LogP contribution is -2.40. The second-order valence-corrected chi connectivity index (χ2v) is 10.2. The first-order valence-corrected chi connectivity index (χ1v) is 12.9. The lowest BCUT2D eigenvalue weighted by atomic mass is 10.0. The van der Waals surface area contributed by atoms with Gasteiger partial charge in [0, 0.05) is 41.4 Å². The first kappa shape index (κ1) is 21.5. The largest absolute Gasteiger partial charge is 0.388 e. The van der Waals surface area contributed by atoms with Crippen molar-refractivity contribution in [3.63, 3.8) is 0 Å². The number of aromatic nitrogens is 5. The number of aryl methyl sites for hydroxylation is 1. The quantitative estimate of drug-likeness (QED) is 0.420. The number of fused-ring (bicyclic) bond motifs is 1. The molecule has 2 aliphatic carbocycles. The van der Waals surface area contributed by atoms with Crippen molar-refractivity contribution in [2.24, 2.45) is 0 Å². The summed E-state index contributed by atoms with van der Waals surface area (Å²) in [6.45, 7) is 0.699. The third-order valence-corrected chi connectivity index (χ3v) is 7.80. The molecule has 1 saturated heterocycles. The summed E-state index contributed by atoms with van der Waals surface area (Å²) in [4.78, 5) is 28.7. The zero-order chi connectivity index (χ0) is 23.1. The van der Waals surface area contributed by atoms with Crippen LogP contribution in [0, 0.1) is 0 Å². The summed E-state index contributed by atoms with van der Waals surface area (Å²) in [5, 5.41) is 26.9. The number of anilines is 4. The Morgan fingerprint density at radius 3 is 2.88 bits per heavy atom. The molecule has 1 aliphatic heterocycles. The number of thiazole rings is 1. The van der Waals surface area contributed by atoms with E-state index in [1.54, 1.807) is 6.20 Å². The van der Waals surface area contributed by atoms with Crippen molar-refractivity contribution in [1.29, 1.82) is 0 Å². The first-order chi connectivity index (χ1) is 16.7. The summed E-state index contributed by atoms with van der Waals surface area (Å²) in [6, 6.07) is 1.69. The fourth-order valence-corrected chi connectivity index (χ4v) is 5.94. The Morgan fingerprint density at radius 1 is 1.18 bits per heavy atom. The predicted octanol–water partition coefficient (Wildman–Crippen LogP) is 3.64. The zero-order valence-electron chi connectivity index (χ0n) is 18.8. The van der Waals surface area contributed by atoms with E-state index in [-0.39, 0.29) is 11.9 Å². The maximum atomic E-state index is 13.0. The summed E-state index contributed by atoms with van der Waals surface area (Å²) in [5.74, 6) is 2.20. The van der Waals surface area contributed by atoms with E-state index in [0.29, 0.717) is 48.0 Å². The molecule has 3 aliphatic rings. The Morgan fingerprint density at radius 2 is 2.06 bits per heavy atom. The second kappa shape index (κ2) is 8.95. The van der Waals surface area contributed by atoms with Gasteiger partial charge in [0.05, 0.1) is 11.8 Å². The number of H-pyrrole nitrogens is 1. The number of aliphatic hydroxyl groups is 1. The van der Waals surface area contributed by atoms with Gasteiger partial charge in [0.25, 0.3) is 0 Å². The number of aliphatic hydroxyl groups excluding tert-OH is 1. The highest BCUT2D eigenvalue weighted by Crippen LogP contribution is 2.39. The molecule has 2 atom stereocenters. The zero-order valence-corrected chi connectivity index (χ0v) is 19.6. The van der Waals surface area contributed by atoms with Crippen LogP contribution < -0.4 is 15.5 Å². The van der Waals surface area contributed by atoms with Gasteiger partial charge in [-0.3, -0.25) is 9.89 Å². The van der Waals surface area contributed by atoms with Crippen LogP contribution in [0.1, 0.15) is 73.9 Å². The number of hydrogen-bond acceptors (Lipinski definition) is 9. The van der Waals surface area contributed by atoms with Crippen molar-refractivity contribution in [2.75, 3.05) is 22.1 Å². The van der Waals surface area contributed by atoms with Gasteiger partial charge >= 0.3 is 0 Å². The minimum Gasteiger partial charge on any atom is -0.388 e. The first-order valence-electron chi connectivity index (χ1n) is 12.0. The van der Waals surface area contributed by atoms with Gasteiger partial charge in [-0.1, -0.05) is 12.8 Å². The molecule has 3 aromatic heterocycles. The number of nitrogens with one attached hydrogen (secondary N) is 3. The van der Waals surface area contributed by atoms with E-state index < -0.39 is 6.10 Å². The maximum absolute atomic E-state index is 13.0. The summed E-state index contributed by atoms with van der Waals surface area (Å²) in [5.41, 5.74) is 2.71. The van der Waals surface area contributed by atoms with Gasteiger partial charge in [-0.25, -0.2) is 9.97 Å². The SMILES string of the molecule is O=C(Nc1nccs1)C1CCCN1c1nc2c(c(Nc3cc(C4CCCC4)[nH]n3)n1)C(O)CC2. The van der Waals surface area contributed by atoms with Crippen LogP contribution in [0.25, 0.3) is 0 Å². The minimum atomic E-state index is -0.609. The Labute approximate surface area is 201 Å². The van der Waals surface area contributed by atoms with Gasteiger partial charge in [-0.2, -0.15) is 10.1 Å². The van der Waals surface area contributed by atoms with Crippen molar-refractivity contribution in [2.45, 2.75) is 69.4 Å². The number of hydrogen-bond donors (Lipinski definition) is 4. The van der Waals surface area contributed by atoms with Crippen LogP contribution in [0.3, 0.4) is 0 Å². The smallest absolute Gasteiger partial charge is 0.248 e. The number of carbonyl (C=O) groups excluding carboxylic acids is 1. The monoisotopic (exact) mass is 480 g/mol. The van der Waals surface area contributed by atoms with Crippen LogP contribution >= 0.6 is 11.3 Å². The van der Waals surface area contributed by atoms with E-state index in [9.17, 15) is 9.90 Å². The summed E-state index contributed by atoms with van der Waals surface area (Å²) >= 11 is 1.40. The van der Waals surface area contributed by atoms with Crippen LogP contribution in [0.4, 0.5) is 22.7 Å². The maximum Gasteiger partial charge on any atom is 0.248 e. The summed E-state index contributed by atoms with van der Waals surface area (Å²) < 4.78 is 0. The molecule has 6 rings (SSSR count). The van der Waals surface area contributed by atoms with E-state index in [1.165, 1.54) is 37.0 Å². The molecule has 0 radical (unpaired) electrons. The molecule has 178 valence electrons. The number of aromatic amines is 1. The fraction of sp³-hybridized carbons (Fsp3) is 0.522.